The van der Waals surface area contributed by atoms with Crippen LogP contribution >= 0.6 is 0 Å². The number of carbonyl (C=O) groups is 2. The van der Waals surface area contributed by atoms with E-state index in [0.717, 1.165) is 6.42 Å². The van der Waals surface area contributed by atoms with Crippen LogP contribution in [0.2, 0.25) is 0 Å². The molecule has 1 rings (SSSR count). The highest BCUT2D eigenvalue weighted by Crippen LogP contribution is 2.39. The molecule has 2 N–H and O–H groups in total. The third-order valence-electron chi connectivity index (χ3n) is 8.18. The molecule has 0 radical (unpaired) electrons. The Morgan fingerprint density at radius 1 is 0.750 bits per heavy atom. The molecule has 0 saturated heterocycles. The summed E-state index contributed by atoms with van der Waals surface area (Å²) in [6.45, 7) is 14.4. The predicted molar refractivity (Wildman–Crippen MR) is 154 cm³/mol. The normalized spacial score (nSPS) is 17.4. The minimum Gasteiger partial charge on any atom is -0.462 e. The summed E-state index contributed by atoms with van der Waals surface area (Å²) in [6.07, 6.45) is 6.75. The van der Waals surface area contributed by atoms with Crippen LogP contribution in [0.5, 0.6) is 0 Å². The molecule has 0 bridgehead atoms. The molecule has 0 aromatic heterocycles. The first-order chi connectivity index (χ1) is 18.7. The van der Waals surface area contributed by atoms with E-state index in [1.807, 2.05) is 13.8 Å². The van der Waals surface area contributed by atoms with Gasteiger partial charge in [0.2, 0.25) is 0 Å². The van der Waals surface area contributed by atoms with Gasteiger partial charge in [0.15, 0.2) is 0 Å². The lowest BCUT2D eigenvalue weighted by Gasteiger charge is -2.35. The summed E-state index contributed by atoms with van der Waals surface area (Å²) in [5.41, 5.74) is -1.04. The zero-order valence-electron chi connectivity index (χ0n) is 26.3. The van der Waals surface area contributed by atoms with Crippen LogP contribution in [0.15, 0.2) is 0 Å². The predicted octanol–water partition coefficient (Wildman–Crippen LogP) is 4.84. The number of carbonyl (C=O) groups excluding carboxylic acids is 2. The Kier molecular flexibility index (Phi) is 16.8. The minimum atomic E-state index is -0.896. The molecule has 1 fully saturated rings. The number of rotatable bonds is 21. The van der Waals surface area contributed by atoms with Crippen molar-refractivity contribution < 1.29 is 43.5 Å². The minimum absolute atomic E-state index is 0.0600. The van der Waals surface area contributed by atoms with Crippen molar-refractivity contribution in [3.05, 3.63) is 0 Å². The number of hydrogen-bond acceptors (Lipinski definition) is 9. The molecule has 0 heterocycles. The largest absolute Gasteiger partial charge is 0.462 e. The van der Waals surface area contributed by atoms with Gasteiger partial charge in [-0.3, -0.25) is 9.59 Å². The van der Waals surface area contributed by atoms with Crippen molar-refractivity contribution in [2.75, 3.05) is 46.2 Å². The van der Waals surface area contributed by atoms with Gasteiger partial charge >= 0.3 is 11.9 Å². The Morgan fingerprint density at radius 2 is 1.23 bits per heavy atom. The monoisotopic (exact) mass is 574 g/mol. The Balaban J connectivity index is 2.33. The van der Waals surface area contributed by atoms with Gasteiger partial charge < -0.3 is 33.9 Å². The average molecular weight is 575 g/mol. The summed E-state index contributed by atoms with van der Waals surface area (Å²) in [5.74, 6) is -0.712. The first-order valence-electron chi connectivity index (χ1n) is 15.2. The lowest BCUT2D eigenvalue weighted by Crippen LogP contribution is -2.36. The summed E-state index contributed by atoms with van der Waals surface area (Å²) < 4.78 is 27.8. The fourth-order valence-corrected chi connectivity index (χ4v) is 4.40. The molecular formula is C31H58O9. The van der Waals surface area contributed by atoms with Gasteiger partial charge in [-0.1, -0.05) is 40.0 Å². The molecule has 9 nitrogen and oxygen atoms in total. The van der Waals surface area contributed by atoms with Crippen molar-refractivity contribution in [2.45, 2.75) is 125 Å². The highest BCUT2D eigenvalue weighted by atomic mass is 16.6. The molecule has 236 valence electrons. The molecule has 2 unspecified atom stereocenters. The second-order valence-electron chi connectivity index (χ2n) is 13.0. The molecular weight excluding hydrogens is 516 g/mol. The van der Waals surface area contributed by atoms with E-state index in [9.17, 15) is 19.8 Å². The van der Waals surface area contributed by atoms with E-state index in [-0.39, 0.29) is 43.8 Å². The maximum absolute atomic E-state index is 12.4. The first-order valence-corrected chi connectivity index (χ1v) is 15.2. The quantitative estimate of drug-likeness (QED) is 0.147. The summed E-state index contributed by atoms with van der Waals surface area (Å²) in [4.78, 5) is 24.8. The van der Waals surface area contributed by atoms with Crippen LogP contribution in [0.25, 0.3) is 0 Å². The van der Waals surface area contributed by atoms with Crippen molar-refractivity contribution in [3.8, 4) is 0 Å². The fourth-order valence-electron chi connectivity index (χ4n) is 4.40. The third-order valence-corrected chi connectivity index (χ3v) is 8.18. The molecule has 0 amide bonds. The number of hydrogen-bond donors (Lipinski definition) is 2. The van der Waals surface area contributed by atoms with Gasteiger partial charge in [-0.05, 0) is 71.6 Å². The topological polar surface area (TPSA) is 121 Å². The van der Waals surface area contributed by atoms with E-state index in [1.54, 1.807) is 27.7 Å². The van der Waals surface area contributed by atoms with Gasteiger partial charge in [-0.25, -0.2) is 0 Å². The van der Waals surface area contributed by atoms with Crippen molar-refractivity contribution in [1.82, 2.24) is 0 Å². The SMILES string of the molecule is CCC(C)(C)C(=O)OCC(COC(=O)C(C)(C)CC)OCC(O)COCCCOCC(O)CC1(C)CCCCC1. The van der Waals surface area contributed by atoms with Crippen molar-refractivity contribution >= 4 is 11.9 Å². The average Bonchev–Trinajstić information content (AvgIpc) is 2.91. The highest BCUT2D eigenvalue weighted by molar-refractivity contribution is 5.76. The number of aliphatic hydroxyl groups is 2. The third kappa shape index (κ3) is 14.6. The first kappa shape index (κ1) is 36.8. The van der Waals surface area contributed by atoms with Crippen molar-refractivity contribution in [3.63, 3.8) is 0 Å². The van der Waals surface area contributed by atoms with Crippen LogP contribution in [0.4, 0.5) is 0 Å². The van der Waals surface area contributed by atoms with E-state index in [4.69, 9.17) is 23.7 Å². The molecule has 9 heteroatoms. The van der Waals surface area contributed by atoms with Crippen LogP contribution in [0, 0.1) is 16.2 Å². The van der Waals surface area contributed by atoms with E-state index in [1.165, 1.54) is 32.1 Å². The van der Waals surface area contributed by atoms with E-state index < -0.39 is 29.1 Å². The molecule has 0 aromatic carbocycles. The van der Waals surface area contributed by atoms with Crippen LogP contribution < -0.4 is 0 Å². The number of esters is 2. The second-order valence-corrected chi connectivity index (χ2v) is 13.0. The second kappa shape index (κ2) is 18.3. The highest BCUT2D eigenvalue weighted by Gasteiger charge is 2.31. The lowest BCUT2D eigenvalue weighted by atomic mass is 9.72. The van der Waals surface area contributed by atoms with Crippen LogP contribution in [-0.4, -0.2) is 86.7 Å². The maximum atomic E-state index is 12.4. The van der Waals surface area contributed by atoms with Crippen LogP contribution in [-0.2, 0) is 33.3 Å². The zero-order chi connectivity index (χ0) is 30.2. The van der Waals surface area contributed by atoms with E-state index in [2.05, 4.69) is 6.92 Å². The molecule has 1 aliphatic rings. The number of ether oxygens (including phenoxy) is 5. The Morgan fingerprint density at radius 3 is 1.70 bits per heavy atom. The van der Waals surface area contributed by atoms with Gasteiger partial charge in [0.25, 0.3) is 0 Å². The van der Waals surface area contributed by atoms with Gasteiger partial charge in [0.05, 0.1) is 36.8 Å². The van der Waals surface area contributed by atoms with Crippen LogP contribution in [0.3, 0.4) is 0 Å². The molecule has 1 aliphatic carbocycles. The van der Waals surface area contributed by atoms with E-state index in [0.29, 0.717) is 39.1 Å². The van der Waals surface area contributed by atoms with Crippen molar-refractivity contribution in [1.29, 1.82) is 0 Å². The zero-order valence-corrected chi connectivity index (χ0v) is 26.3. The maximum Gasteiger partial charge on any atom is 0.311 e. The number of aliphatic hydroxyl groups excluding tert-OH is 2. The van der Waals surface area contributed by atoms with Gasteiger partial charge in [0.1, 0.15) is 25.4 Å². The summed E-state index contributed by atoms with van der Waals surface area (Å²) >= 11 is 0. The van der Waals surface area contributed by atoms with Gasteiger partial charge in [-0.2, -0.15) is 0 Å². The Bertz CT molecular complexity index is 684. The smallest absolute Gasteiger partial charge is 0.311 e. The Hall–Kier alpha value is -1.26. The fraction of sp³-hybridized carbons (Fsp3) is 0.935. The standard InChI is InChI=1S/C31H58O9/c1-8-29(3,4)27(34)39-22-26(23-40-28(35)30(5,6)9-2)38-21-25(33)20-37-17-13-16-36-19-24(32)18-31(7)14-11-10-12-15-31/h24-26,32-33H,8-23H2,1-7H3. The molecule has 0 spiro atoms. The van der Waals surface area contributed by atoms with Gasteiger partial charge in [-0.15, -0.1) is 0 Å². The molecule has 2 atom stereocenters. The summed E-state index contributed by atoms with van der Waals surface area (Å²) in [7, 11) is 0. The molecule has 40 heavy (non-hydrogen) atoms. The van der Waals surface area contributed by atoms with Crippen LogP contribution in [0.1, 0.15) is 106 Å². The molecule has 0 aliphatic heterocycles. The van der Waals surface area contributed by atoms with E-state index >= 15 is 0 Å². The molecule has 0 aromatic rings. The summed E-state index contributed by atoms with van der Waals surface area (Å²) in [5, 5.41) is 20.6. The summed E-state index contributed by atoms with van der Waals surface area (Å²) in [6, 6.07) is 0. The Labute approximate surface area is 242 Å². The molecule has 1 saturated carbocycles. The van der Waals surface area contributed by atoms with Crippen molar-refractivity contribution in [2.24, 2.45) is 16.2 Å². The van der Waals surface area contributed by atoms with Gasteiger partial charge in [0, 0.05) is 13.2 Å². The lowest BCUT2D eigenvalue weighted by molar-refractivity contribution is -0.167.